The molecule has 1 heterocycles. The van der Waals surface area contributed by atoms with E-state index in [2.05, 4.69) is 33.1 Å². The van der Waals surface area contributed by atoms with Gasteiger partial charge >= 0.3 is 6.01 Å². The van der Waals surface area contributed by atoms with Crippen molar-refractivity contribution >= 4 is 11.9 Å². The summed E-state index contributed by atoms with van der Waals surface area (Å²) < 4.78 is 5.25. The van der Waals surface area contributed by atoms with E-state index in [1.807, 2.05) is 0 Å². The molecule has 0 fully saturated rings. The second-order valence-corrected chi connectivity index (χ2v) is 3.20. The fourth-order valence-electron chi connectivity index (χ4n) is 1.01. The quantitative estimate of drug-likeness (QED) is 0.555. The lowest BCUT2D eigenvalue weighted by Crippen LogP contribution is -2.26. The number of carbonyl (C=O) groups is 1. The standard InChI is InChI=1S/C9H17N5O2/c1-3-4-11-6-8-13-14-9(16-8)12-5-7(15)10-2/h11H,3-6H2,1-2H3,(H,10,15)(H,12,14). The number of aromatic nitrogens is 2. The topological polar surface area (TPSA) is 92.1 Å². The van der Waals surface area contributed by atoms with E-state index in [1.54, 1.807) is 7.05 Å². The van der Waals surface area contributed by atoms with Crippen LogP contribution in [0.2, 0.25) is 0 Å². The molecule has 16 heavy (non-hydrogen) atoms. The van der Waals surface area contributed by atoms with Crippen LogP contribution < -0.4 is 16.0 Å². The number of likely N-dealkylation sites (N-methyl/N-ethyl adjacent to an activating group) is 1. The fourth-order valence-corrected chi connectivity index (χ4v) is 1.01. The van der Waals surface area contributed by atoms with Gasteiger partial charge in [0.15, 0.2) is 0 Å². The summed E-state index contributed by atoms with van der Waals surface area (Å²) in [5, 5.41) is 15.9. The number of hydrogen-bond acceptors (Lipinski definition) is 6. The van der Waals surface area contributed by atoms with Crippen LogP contribution in [0, 0.1) is 0 Å². The van der Waals surface area contributed by atoms with Crippen LogP contribution in [0.25, 0.3) is 0 Å². The maximum absolute atomic E-state index is 10.9. The molecule has 0 aliphatic carbocycles. The summed E-state index contributed by atoms with van der Waals surface area (Å²) in [4.78, 5) is 10.9. The molecule has 0 aliphatic rings. The van der Waals surface area contributed by atoms with Crippen molar-refractivity contribution in [1.82, 2.24) is 20.8 Å². The Balaban J connectivity index is 2.30. The lowest BCUT2D eigenvalue weighted by atomic mass is 10.5. The monoisotopic (exact) mass is 227 g/mol. The minimum absolute atomic E-state index is 0.126. The summed E-state index contributed by atoms with van der Waals surface area (Å²) >= 11 is 0. The summed E-state index contributed by atoms with van der Waals surface area (Å²) in [5.41, 5.74) is 0. The largest absolute Gasteiger partial charge is 0.407 e. The van der Waals surface area contributed by atoms with Crippen molar-refractivity contribution in [2.45, 2.75) is 19.9 Å². The van der Waals surface area contributed by atoms with Crippen LogP contribution in [0.5, 0.6) is 0 Å². The van der Waals surface area contributed by atoms with Crippen LogP contribution in [0.4, 0.5) is 6.01 Å². The third-order valence-electron chi connectivity index (χ3n) is 1.85. The zero-order valence-electron chi connectivity index (χ0n) is 9.54. The molecule has 1 aromatic heterocycles. The van der Waals surface area contributed by atoms with E-state index in [0.717, 1.165) is 13.0 Å². The minimum atomic E-state index is -0.135. The molecule has 1 aromatic rings. The predicted molar refractivity (Wildman–Crippen MR) is 58.9 cm³/mol. The molecule has 0 aromatic carbocycles. The summed E-state index contributed by atoms with van der Waals surface area (Å²) in [6, 6.07) is 0.261. The highest BCUT2D eigenvalue weighted by Gasteiger charge is 2.06. The van der Waals surface area contributed by atoms with E-state index in [1.165, 1.54) is 0 Å². The summed E-state index contributed by atoms with van der Waals surface area (Å²) in [6.45, 7) is 3.66. The molecule has 3 N–H and O–H groups in total. The van der Waals surface area contributed by atoms with Crippen LogP contribution in [-0.2, 0) is 11.3 Å². The zero-order chi connectivity index (χ0) is 11.8. The lowest BCUT2D eigenvalue weighted by molar-refractivity contribution is -0.118. The molecule has 0 aliphatic heterocycles. The summed E-state index contributed by atoms with van der Waals surface area (Å²) in [7, 11) is 1.57. The van der Waals surface area contributed by atoms with Gasteiger partial charge in [-0.25, -0.2) is 0 Å². The third-order valence-corrected chi connectivity index (χ3v) is 1.85. The maximum Gasteiger partial charge on any atom is 0.315 e. The highest BCUT2D eigenvalue weighted by Crippen LogP contribution is 2.04. The van der Waals surface area contributed by atoms with Gasteiger partial charge in [0.05, 0.1) is 13.1 Å². The molecular formula is C9H17N5O2. The highest BCUT2D eigenvalue weighted by molar-refractivity contribution is 5.79. The van der Waals surface area contributed by atoms with Gasteiger partial charge < -0.3 is 20.4 Å². The van der Waals surface area contributed by atoms with Crippen molar-refractivity contribution in [2.75, 3.05) is 25.5 Å². The van der Waals surface area contributed by atoms with Gasteiger partial charge in [0.2, 0.25) is 11.8 Å². The second kappa shape index (κ2) is 6.78. The van der Waals surface area contributed by atoms with Crippen LogP contribution in [-0.4, -0.2) is 36.2 Å². The Bertz CT molecular complexity index is 325. The zero-order valence-corrected chi connectivity index (χ0v) is 9.54. The molecular weight excluding hydrogens is 210 g/mol. The Morgan fingerprint density at radius 3 is 2.94 bits per heavy atom. The molecule has 90 valence electrons. The van der Waals surface area contributed by atoms with Crippen molar-refractivity contribution in [3.63, 3.8) is 0 Å². The van der Waals surface area contributed by atoms with Gasteiger partial charge in [-0.15, -0.1) is 5.10 Å². The molecule has 0 spiro atoms. The van der Waals surface area contributed by atoms with Gasteiger partial charge in [-0.05, 0) is 13.0 Å². The summed E-state index contributed by atoms with van der Waals surface area (Å²) in [6.07, 6.45) is 1.05. The Hall–Kier alpha value is -1.63. The molecule has 0 saturated carbocycles. The van der Waals surface area contributed by atoms with Crippen molar-refractivity contribution < 1.29 is 9.21 Å². The number of nitrogens with one attached hydrogen (secondary N) is 3. The highest BCUT2D eigenvalue weighted by atomic mass is 16.4. The number of anilines is 1. The molecule has 1 amide bonds. The first kappa shape index (κ1) is 12.4. The Morgan fingerprint density at radius 1 is 1.44 bits per heavy atom. The average molecular weight is 227 g/mol. The third kappa shape index (κ3) is 4.26. The van der Waals surface area contributed by atoms with Crippen LogP contribution in [0.15, 0.2) is 4.42 Å². The summed E-state index contributed by atoms with van der Waals surface area (Å²) in [5.74, 6) is 0.372. The number of amides is 1. The van der Waals surface area contributed by atoms with Crippen molar-refractivity contribution in [3.8, 4) is 0 Å². The van der Waals surface area contributed by atoms with Gasteiger partial charge in [0, 0.05) is 7.05 Å². The minimum Gasteiger partial charge on any atom is -0.407 e. The molecule has 0 radical (unpaired) electrons. The molecule has 0 saturated heterocycles. The molecule has 1 rings (SSSR count). The maximum atomic E-state index is 10.9. The van der Waals surface area contributed by atoms with Crippen molar-refractivity contribution in [2.24, 2.45) is 0 Å². The predicted octanol–water partition coefficient (Wildman–Crippen LogP) is -0.273. The number of carbonyl (C=O) groups excluding carboxylic acids is 1. The molecule has 0 atom stereocenters. The van der Waals surface area contributed by atoms with Gasteiger partial charge in [-0.1, -0.05) is 12.0 Å². The van der Waals surface area contributed by atoms with Gasteiger partial charge in [0.25, 0.3) is 0 Å². The Labute approximate surface area is 94.0 Å². The van der Waals surface area contributed by atoms with E-state index in [0.29, 0.717) is 12.4 Å². The molecule has 7 heteroatoms. The molecule has 7 nitrogen and oxygen atoms in total. The first-order chi connectivity index (χ1) is 7.76. The lowest BCUT2D eigenvalue weighted by Gasteiger charge is -1.99. The first-order valence-electron chi connectivity index (χ1n) is 5.23. The van der Waals surface area contributed by atoms with E-state index in [-0.39, 0.29) is 18.5 Å². The van der Waals surface area contributed by atoms with Gasteiger partial charge in [0.1, 0.15) is 0 Å². The van der Waals surface area contributed by atoms with Gasteiger partial charge in [-0.2, -0.15) is 0 Å². The smallest absolute Gasteiger partial charge is 0.315 e. The fraction of sp³-hybridized carbons (Fsp3) is 0.667. The Morgan fingerprint density at radius 2 is 2.25 bits per heavy atom. The van der Waals surface area contributed by atoms with Crippen molar-refractivity contribution in [1.29, 1.82) is 0 Å². The van der Waals surface area contributed by atoms with Crippen LogP contribution in [0.1, 0.15) is 19.2 Å². The number of rotatable bonds is 7. The number of hydrogen-bond donors (Lipinski definition) is 3. The normalized spacial score (nSPS) is 10.1. The first-order valence-corrected chi connectivity index (χ1v) is 5.23. The SMILES string of the molecule is CCCNCc1nnc(NCC(=O)NC)o1. The van der Waals surface area contributed by atoms with Gasteiger partial charge in [-0.3, -0.25) is 4.79 Å². The van der Waals surface area contributed by atoms with Crippen molar-refractivity contribution in [3.05, 3.63) is 5.89 Å². The number of nitrogens with zero attached hydrogens (tertiary/aromatic N) is 2. The Kier molecular flexibility index (Phi) is 5.27. The van der Waals surface area contributed by atoms with E-state index in [9.17, 15) is 4.79 Å². The molecule has 0 bridgehead atoms. The van der Waals surface area contributed by atoms with Crippen LogP contribution >= 0.6 is 0 Å². The van der Waals surface area contributed by atoms with Crippen LogP contribution in [0.3, 0.4) is 0 Å². The van der Waals surface area contributed by atoms with E-state index < -0.39 is 0 Å². The van der Waals surface area contributed by atoms with E-state index >= 15 is 0 Å². The second-order valence-electron chi connectivity index (χ2n) is 3.20. The van der Waals surface area contributed by atoms with E-state index in [4.69, 9.17) is 4.42 Å². The average Bonchev–Trinajstić information content (AvgIpc) is 2.74. The molecule has 0 unspecified atom stereocenters.